The summed E-state index contributed by atoms with van der Waals surface area (Å²) in [5, 5.41) is 0. The van der Waals surface area contributed by atoms with Crippen LogP contribution in [-0.2, 0) is 0 Å². The van der Waals surface area contributed by atoms with Crippen LogP contribution in [-0.4, -0.2) is 14.3 Å². The number of halogens is 1. The second-order valence-corrected chi connectivity index (χ2v) is 11.2. The largest absolute Gasteiger partial charge is 0.147 e. The molecule has 23 heavy (non-hydrogen) atoms. The Bertz CT molecular complexity index is 635. The number of aryl methyl sites for hydroxylation is 3. The van der Waals surface area contributed by atoms with Crippen LogP contribution in [0, 0.1) is 20.8 Å². The van der Waals surface area contributed by atoms with E-state index in [2.05, 4.69) is 93.6 Å². The van der Waals surface area contributed by atoms with Crippen LogP contribution in [0.4, 0.5) is 0 Å². The van der Waals surface area contributed by atoms with E-state index in [4.69, 9.17) is 0 Å². The second kappa shape index (κ2) is 7.85. The van der Waals surface area contributed by atoms with Gasteiger partial charge in [-0.25, -0.2) is 0 Å². The van der Waals surface area contributed by atoms with Crippen LogP contribution in [0.25, 0.3) is 0 Å². The molecule has 3 rings (SSSR count). The normalized spacial score (nSPS) is 10.4. The van der Waals surface area contributed by atoms with Gasteiger partial charge in [-0.15, -0.1) is 12.4 Å². The van der Waals surface area contributed by atoms with E-state index in [1.54, 1.807) is 0 Å². The quantitative estimate of drug-likeness (QED) is 0.608. The third-order valence-electron chi connectivity index (χ3n) is 4.02. The van der Waals surface area contributed by atoms with E-state index in [0.717, 1.165) is 0 Å². The molecular weight excluding hydrogens is 360 g/mol. The molecule has 0 aliphatic heterocycles. The first-order valence-electron chi connectivity index (χ1n) is 7.71. The fourth-order valence-corrected chi connectivity index (χ4v) is 7.91. The molecule has 117 valence electrons. The first kappa shape index (κ1) is 17.8. The van der Waals surface area contributed by atoms with E-state index in [1.165, 1.54) is 29.9 Å². The van der Waals surface area contributed by atoms with Crippen molar-refractivity contribution in [2.45, 2.75) is 20.8 Å². The van der Waals surface area contributed by atoms with E-state index in [9.17, 15) is 0 Å². The SMILES string of the molecule is Cc1cc[c]([Ge]([c]2ccc(C)cc2)[c]2ccc(C)cc2)cc1.Cl. The van der Waals surface area contributed by atoms with Crippen molar-refractivity contribution in [1.82, 2.24) is 0 Å². The molecule has 0 amide bonds. The van der Waals surface area contributed by atoms with Crippen LogP contribution in [0.2, 0.25) is 0 Å². The molecule has 0 fully saturated rings. The third-order valence-corrected chi connectivity index (χ3v) is 9.75. The number of benzene rings is 3. The van der Waals surface area contributed by atoms with Gasteiger partial charge in [0.1, 0.15) is 0 Å². The third kappa shape index (κ3) is 4.27. The van der Waals surface area contributed by atoms with Crippen LogP contribution >= 0.6 is 12.4 Å². The van der Waals surface area contributed by atoms with Gasteiger partial charge in [0.05, 0.1) is 0 Å². The van der Waals surface area contributed by atoms with Gasteiger partial charge in [0.25, 0.3) is 0 Å². The smallest absolute Gasteiger partial charge is 0.147 e. The Morgan fingerprint density at radius 2 is 0.652 bits per heavy atom. The summed E-state index contributed by atoms with van der Waals surface area (Å²) in [4.78, 5) is 0. The van der Waals surface area contributed by atoms with E-state index >= 15 is 0 Å². The van der Waals surface area contributed by atoms with Gasteiger partial charge in [-0.1, -0.05) is 0 Å². The molecule has 3 aromatic rings. The van der Waals surface area contributed by atoms with E-state index < -0.39 is 14.3 Å². The standard InChI is InChI=1S/C21H21Ge.ClH/c1-16-4-10-19(11-5-16)22(20-12-6-17(2)7-13-20)21-14-8-18(3)9-15-21;/h4-15H,1-3H3;1H. The number of hydrogen-bond acceptors (Lipinski definition) is 0. The molecule has 0 saturated carbocycles. The van der Waals surface area contributed by atoms with Crippen LogP contribution in [0.5, 0.6) is 0 Å². The Kier molecular flexibility index (Phi) is 6.09. The molecule has 0 aliphatic rings. The molecule has 0 aromatic heterocycles. The van der Waals surface area contributed by atoms with Gasteiger partial charge in [0.2, 0.25) is 0 Å². The maximum absolute atomic E-state index is 2.32. The average molecular weight is 382 g/mol. The Morgan fingerprint density at radius 3 is 0.870 bits per heavy atom. The van der Waals surface area contributed by atoms with Crippen molar-refractivity contribution < 1.29 is 0 Å². The minimum Gasteiger partial charge on any atom is -0.147 e. The van der Waals surface area contributed by atoms with Crippen molar-refractivity contribution in [2.24, 2.45) is 0 Å². The van der Waals surface area contributed by atoms with Crippen LogP contribution in [0.15, 0.2) is 72.8 Å². The average Bonchev–Trinajstić information content (AvgIpc) is 2.53. The summed E-state index contributed by atoms with van der Waals surface area (Å²) >= 11 is -1.70. The van der Waals surface area contributed by atoms with Gasteiger partial charge in [-0.05, 0) is 0 Å². The summed E-state index contributed by atoms with van der Waals surface area (Å²) in [7, 11) is 0. The van der Waals surface area contributed by atoms with Crippen LogP contribution in [0.3, 0.4) is 0 Å². The zero-order valence-corrected chi connectivity index (χ0v) is 16.8. The van der Waals surface area contributed by atoms with Crippen molar-refractivity contribution in [3.63, 3.8) is 0 Å². The molecule has 0 bridgehead atoms. The summed E-state index contributed by atoms with van der Waals surface area (Å²) in [5.74, 6) is 0. The first-order valence-corrected chi connectivity index (χ1v) is 10.9. The molecule has 0 N–H and O–H groups in total. The molecule has 0 saturated heterocycles. The topological polar surface area (TPSA) is 0 Å². The molecule has 0 heterocycles. The molecule has 0 unspecified atom stereocenters. The van der Waals surface area contributed by atoms with E-state index in [0.29, 0.717) is 0 Å². The fourth-order valence-electron chi connectivity index (χ4n) is 2.66. The van der Waals surface area contributed by atoms with Crippen molar-refractivity contribution in [1.29, 1.82) is 0 Å². The zero-order valence-electron chi connectivity index (χ0n) is 13.8. The molecule has 0 nitrogen and oxygen atoms in total. The minimum atomic E-state index is -1.70. The summed E-state index contributed by atoms with van der Waals surface area (Å²) in [5.41, 5.74) is 3.98. The molecule has 2 heteroatoms. The van der Waals surface area contributed by atoms with Gasteiger partial charge in [0, 0.05) is 0 Å². The van der Waals surface area contributed by atoms with Gasteiger partial charge < -0.3 is 0 Å². The molecule has 0 aliphatic carbocycles. The minimum absolute atomic E-state index is 0. The van der Waals surface area contributed by atoms with Gasteiger partial charge in [-0.2, -0.15) is 0 Å². The van der Waals surface area contributed by atoms with Crippen molar-refractivity contribution in [3.05, 3.63) is 89.5 Å². The van der Waals surface area contributed by atoms with Gasteiger partial charge in [0.15, 0.2) is 0 Å². The molecule has 3 aromatic carbocycles. The maximum atomic E-state index is 2.32. The molecule has 1 radical (unpaired) electrons. The summed E-state index contributed by atoms with van der Waals surface area (Å²) < 4.78 is 4.54. The molecular formula is C21H22ClGe. The van der Waals surface area contributed by atoms with Crippen molar-refractivity contribution in [3.8, 4) is 0 Å². The number of rotatable bonds is 3. The summed E-state index contributed by atoms with van der Waals surface area (Å²) in [6.45, 7) is 6.46. The van der Waals surface area contributed by atoms with Crippen molar-refractivity contribution in [2.75, 3.05) is 0 Å². The number of hydrogen-bond donors (Lipinski definition) is 0. The van der Waals surface area contributed by atoms with E-state index in [-0.39, 0.29) is 12.4 Å². The van der Waals surface area contributed by atoms with Crippen LogP contribution < -0.4 is 13.2 Å². The monoisotopic (exact) mass is 383 g/mol. The summed E-state index contributed by atoms with van der Waals surface area (Å²) in [6, 6.07) is 27.4. The van der Waals surface area contributed by atoms with Gasteiger partial charge >= 0.3 is 138 Å². The summed E-state index contributed by atoms with van der Waals surface area (Å²) in [6.07, 6.45) is 0. The molecule has 0 atom stereocenters. The predicted molar refractivity (Wildman–Crippen MR) is 105 cm³/mol. The fraction of sp³-hybridized carbons (Fsp3) is 0.143. The maximum Gasteiger partial charge on any atom is -0.147 e. The Labute approximate surface area is 150 Å². The predicted octanol–water partition coefficient (Wildman–Crippen LogP) is 3.55. The Hall–Kier alpha value is -1.51. The Morgan fingerprint density at radius 1 is 0.435 bits per heavy atom. The zero-order chi connectivity index (χ0) is 15.5. The van der Waals surface area contributed by atoms with E-state index in [1.807, 2.05) is 0 Å². The van der Waals surface area contributed by atoms with Gasteiger partial charge in [-0.3, -0.25) is 0 Å². The first-order chi connectivity index (χ1) is 10.6. The Balaban J connectivity index is 0.00000192. The molecule has 0 spiro atoms. The van der Waals surface area contributed by atoms with Crippen LogP contribution in [0.1, 0.15) is 16.7 Å². The second-order valence-electron chi connectivity index (χ2n) is 5.97. The van der Waals surface area contributed by atoms with Crippen molar-refractivity contribution >= 4 is 39.9 Å².